The second-order valence-corrected chi connectivity index (χ2v) is 4.24. The molecule has 0 aromatic carbocycles. The second kappa shape index (κ2) is 4.65. The standard InChI is InChI=1S/C12H19NO/c1-10-2-4-12(14-10)5-3-11-6-8-13-9-7-11/h2,4,11,13H,3,5-9H2,1H3. The fourth-order valence-electron chi connectivity index (χ4n) is 2.14. The number of piperidine rings is 1. The monoisotopic (exact) mass is 193 g/mol. The van der Waals surface area contributed by atoms with Gasteiger partial charge in [-0.15, -0.1) is 0 Å². The van der Waals surface area contributed by atoms with E-state index in [1.807, 2.05) is 6.92 Å². The minimum Gasteiger partial charge on any atom is -0.466 e. The van der Waals surface area contributed by atoms with E-state index in [0.29, 0.717) is 0 Å². The number of hydrogen-bond acceptors (Lipinski definition) is 2. The van der Waals surface area contributed by atoms with Crippen LogP contribution in [0, 0.1) is 12.8 Å². The van der Waals surface area contributed by atoms with Crippen molar-refractivity contribution in [3.05, 3.63) is 23.7 Å². The van der Waals surface area contributed by atoms with Gasteiger partial charge in [-0.3, -0.25) is 0 Å². The molecule has 1 aliphatic heterocycles. The van der Waals surface area contributed by atoms with Crippen LogP contribution < -0.4 is 5.32 Å². The summed E-state index contributed by atoms with van der Waals surface area (Å²) >= 11 is 0. The largest absolute Gasteiger partial charge is 0.466 e. The van der Waals surface area contributed by atoms with E-state index in [4.69, 9.17) is 4.42 Å². The van der Waals surface area contributed by atoms with Crippen LogP contribution in [0.25, 0.3) is 0 Å². The summed E-state index contributed by atoms with van der Waals surface area (Å²) in [7, 11) is 0. The molecule has 0 unspecified atom stereocenters. The second-order valence-electron chi connectivity index (χ2n) is 4.24. The van der Waals surface area contributed by atoms with Crippen molar-refractivity contribution in [2.24, 2.45) is 5.92 Å². The zero-order chi connectivity index (χ0) is 9.80. The van der Waals surface area contributed by atoms with E-state index < -0.39 is 0 Å². The van der Waals surface area contributed by atoms with Crippen LogP contribution in [0.2, 0.25) is 0 Å². The Morgan fingerprint density at radius 1 is 1.36 bits per heavy atom. The summed E-state index contributed by atoms with van der Waals surface area (Å²) in [5.41, 5.74) is 0. The highest BCUT2D eigenvalue weighted by Gasteiger charge is 2.13. The maximum Gasteiger partial charge on any atom is 0.104 e. The summed E-state index contributed by atoms with van der Waals surface area (Å²) in [6.07, 6.45) is 5.06. The zero-order valence-corrected chi connectivity index (χ0v) is 8.88. The summed E-state index contributed by atoms with van der Waals surface area (Å²) in [6, 6.07) is 4.16. The summed E-state index contributed by atoms with van der Waals surface area (Å²) in [5.74, 6) is 3.09. The van der Waals surface area contributed by atoms with Gasteiger partial charge in [0.1, 0.15) is 11.5 Å². The highest BCUT2D eigenvalue weighted by Crippen LogP contribution is 2.19. The Hall–Kier alpha value is -0.760. The van der Waals surface area contributed by atoms with Gasteiger partial charge in [0.2, 0.25) is 0 Å². The number of furan rings is 1. The Morgan fingerprint density at radius 2 is 2.14 bits per heavy atom. The van der Waals surface area contributed by atoms with Crippen LogP contribution in [0.3, 0.4) is 0 Å². The van der Waals surface area contributed by atoms with Crippen molar-refractivity contribution in [2.45, 2.75) is 32.6 Å². The SMILES string of the molecule is Cc1ccc(CCC2CCNCC2)o1. The van der Waals surface area contributed by atoms with E-state index in [0.717, 1.165) is 23.9 Å². The predicted octanol–water partition coefficient (Wildman–Crippen LogP) is 2.52. The van der Waals surface area contributed by atoms with Crippen LogP contribution in [-0.4, -0.2) is 13.1 Å². The summed E-state index contributed by atoms with van der Waals surface area (Å²) in [6.45, 7) is 4.40. The smallest absolute Gasteiger partial charge is 0.104 e. The number of nitrogens with one attached hydrogen (secondary N) is 1. The van der Waals surface area contributed by atoms with Crippen LogP contribution in [0.1, 0.15) is 30.8 Å². The molecule has 14 heavy (non-hydrogen) atoms. The maximum absolute atomic E-state index is 5.56. The minimum atomic E-state index is 0.904. The Balaban J connectivity index is 1.76. The van der Waals surface area contributed by atoms with Crippen molar-refractivity contribution in [1.29, 1.82) is 0 Å². The van der Waals surface area contributed by atoms with Crippen molar-refractivity contribution >= 4 is 0 Å². The molecular weight excluding hydrogens is 174 g/mol. The molecule has 2 rings (SSSR count). The van der Waals surface area contributed by atoms with Crippen molar-refractivity contribution in [3.63, 3.8) is 0 Å². The van der Waals surface area contributed by atoms with Gasteiger partial charge in [0.05, 0.1) is 0 Å². The van der Waals surface area contributed by atoms with E-state index in [-0.39, 0.29) is 0 Å². The number of aryl methyl sites for hydroxylation is 2. The van der Waals surface area contributed by atoms with Gasteiger partial charge < -0.3 is 9.73 Å². The molecule has 0 aliphatic carbocycles. The Labute approximate surface area is 85.7 Å². The van der Waals surface area contributed by atoms with Gasteiger partial charge >= 0.3 is 0 Å². The molecule has 0 spiro atoms. The van der Waals surface area contributed by atoms with Crippen molar-refractivity contribution < 1.29 is 4.42 Å². The van der Waals surface area contributed by atoms with Gasteiger partial charge in [-0.25, -0.2) is 0 Å². The lowest BCUT2D eigenvalue weighted by Crippen LogP contribution is -2.27. The molecule has 0 amide bonds. The number of rotatable bonds is 3. The van der Waals surface area contributed by atoms with Gasteiger partial charge in [-0.1, -0.05) is 0 Å². The van der Waals surface area contributed by atoms with Crippen LogP contribution in [0.5, 0.6) is 0 Å². The van der Waals surface area contributed by atoms with Crippen molar-refractivity contribution in [1.82, 2.24) is 5.32 Å². The molecule has 0 atom stereocenters. The molecule has 78 valence electrons. The Morgan fingerprint density at radius 3 is 2.79 bits per heavy atom. The van der Waals surface area contributed by atoms with Crippen molar-refractivity contribution in [3.8, 4) is 0 Å². The average molecular weight is 193 g/mol. The third-order valence-electron chi connectivity index (χ3n) is 3.05. The lowest BCUT2D eigenvalue weighted by molar-refractivity contribution is 0.343. The van der Waals surface area contributed by atoms with E-state index in [1.165, 1.54) is 32.4 Å². The first-order chi connectivity index (χ1) is 6.84. The molecular formula is C12H19NO. The highest BCUT2D eigenvalue weighted by molar-refractivity contribution is 5.05. The molecule has 0 saturated carbocycles. The quantitative estimate of drug-likeness (QED) is 0.798. The van der Waals surface area contributed by atoms with Gasteiger partial charge in [0.15, 0.2) is 0 Å². The van der Waals surface area contributed by atoms with Gasteiger partial charge in [-0.2, -0.15) is 0 Å². The lowest BCUT2D eigenvalue weighted by Gasteiger charge is -2.21. The van der Waals surface area contributed by atoms with Crippen LogP contribution in [-0.2, 0) is 6.42 Å². The predicted molar refractivity (Wildman–Crippen MR) is 57.4 cm³/mol. The average Bonchev–Trinajstić information content (AvgIpc) is 2.63. The number of hydrogen-bond donors (Lipinski definition) is 1. The van der Waals surface area contributed by atoms with Gasteiger partial charge in [0, 0.05) is 6.42 Å². The van der Waals surface area contributed by atoms with Gasteiger partial charge in [0.25, 0.3) is 0 Å². The first-order valence-electron chi connectivity index (χ1n) is 5.60. The molecule has 2 heterocycles. The van der Waals surface area contributed by atoms with Crippen LogP contribution in [0.4, 0.5) is 0 Å². The topological polar surface area (TPSA) is 25.2 Å². The van der Waals surface area contributed by atoms with E-state index in [1.54, 1.807) is 0 Å². The Kier molecular flexibility index (Phi) is 3.25. The molecule has 1 saturated heterocycles. The molecule has 1 fully saturated rings. The molecule has 1 N–H and O–H groups in total. The molecule has 2 nitrogen and oxygen atoms in total. The molecule has 1 aromatic rings. The first kappa shape index (κ1) is 9.78. The van der Waals surface area contributed by atoms with E-state index in [9.17, 15) is 0 Å². The highest BCUT2D eigenvalue weighted by atomic mass is 16.3. The lowest BCUT2D eigenvalue weighted by atomic mass is 9.93. The fraction of sp³-hybridized carbons (Fsp3) is 0.667. The molecule has 1 aliphatic rings. The first-order valence-corrected chi connectivity index (χ1v) is 5.60. The summed E-state index contributed by atoms with van der Waals surface area (Å²) in [4.78, 5) is 0. The van der Waals surface area contributed by atoms with Gasteiger partial charge in [-0.05, 0) is 57.3 Å². The summed E-state index contributed by atoms with van der Waals surface area (Å²) < 4.78 is 5.56. The molecule has 1 aromatic heterocycles. The Bertz CT molecular complexity index is 274. The molecule has 0 bridgehead atoms. The van der Waals surface area contributed by atoms with Crippen LogP contribution >= 0.6 is 0 Å². The van der Waals surface area contributed by atoms with E-state index >= 15 is 0 Å². The molecule has 0 radical (unpaired) electrons. The molecule has 2 heteroatoms. The maximum atomic E-state index is 5.56. The zero-order valence-electron chi connectivity index (χ0n) is 8.88. The van der Waals surface area contributed by atoms with Crippen molar-refractivity contribution in [2.75, 3.05) is 13.1 Å². The third kappa shape index (κ3) is 2.61. The summed E-state index contributed by atoms with van der Waals surface area (Å²) in [5, 5.41) is 3.39. The van der Waals surface area contributed by atoms with E-state index in [2.05, 4.69) is 17.4 Å². The third-order valence-corrected chi connectivity index (χ3v) is 3.05. The van der Waals surface area contributed by atoms with Crippen LogP contribution in [0.15, 0.2) is 16.5 Å². The minimum absolute atomic E-state index is 0.904. The fourth-order valence-corrected chi connectivity index (χ4v) is 2.14. The normalized spacial score (nSPS) is 18.6.